The van der Waals surface area contributed by atoms with Gasteiger partial charge in [0.2, 0.25) is 0 Å². The van der Waals surface area contributed by atoms with Gasteiger partial charge in [-0.05, 0) is 31.2 Å². The van der Waals surface area contributed by atoms with Gasteiger partial charge in [-0.1, -0.05) is 50.1 Å². The summed E-state index contributed by atoms with van der Waals surface area (Å²) in [5, 5.41) is 2.60. The first-order valence-corrected chi connectivity index (χ1v) is 7.68. The molecule has 0 heterocycles. The monoisotopic (exact) mass is 291 g/mol. The first-order chi connectivity index (χ1) is 10.3. The Kier molecular flexibility index (Phi) is 8.93. The number of nitrogens with one attached hydrogen (secondary N) is 1. The van der Waals surface area contributed by atoms with Crippen molar-refractivity contribution in [1.29, 1.82) is 0 Å². The number of aryl methyl sites for hydroxylation is 1. The molecule has 0 aliphatic heterocycles. The molecule has 1 rings (SSSR count). The van der Waals surface area contributed by atoms with Crippen LogP contribution in [-0.2, 0) is 16.0 Å². The molecular weight excluding hydrogens is 266 g/mol. The standard InChI is InChI=1S/C17H25NO3/c1-2-3-7-13-21-17(20)18-16(14-19)12-8-11-15-9-5-4-6-10-15/h4-6,9-10,14,16H,2-3,7-8,11-13H2,1H3,(H,18,20). The highest BCUT2D eigenvalue weighted by Gasteiger charge is 2.11. The number of amides is 1. The van der Waals surface area contributed by atoms with Crippen molar-refractivity contribution < 1.29 is 14.3 Å². The third kappa shape index (κ3) is 8.12. The quantitative estimate of drug-likeness (QED) is 0.530. The summed E-state index contributed by atoms with van der Waals surface area (Å²) in [6.45, 7) is 2.50. The zero-order chi connectivity index (χ0) is 15.3. The molecule has 0 fully saturated rings. The molecule has 0 saturated heterocycles. The second-order valence-electron chi connectivity index (χ2n) is 5.11. The van der Waals surface area contributed by atoms with Crippen LogP contribution >= 0.6 is 0 Å². The molecule has 1 atom stereocenters. The molecule has 0 bridgehead atoms. The second-order valence-corrected chi connectivity index (χ2v) is 5.11. The third-order valence-electron chi connectivity index (χ3n) is 3.27. The van der Waals surface area contributed by atoms with Crippen LogP contribution < -0.4 is 5.32 Å². The highest BCUT2D eigenvalue weighted by Crippen LogP contribution is 2.06. The van der Waals surface area contributed by atoms with Crippen LogP contribution in [0.2, 0.25) is 0 Å². The van der Waals surface area contributed by atoms with Gasteiger partial charge in [0.15, 0.2) is 0 Å². The first kappa shape index (κ1) is 17.2. The molecule has 4 heteroatoms. The van der Waals surface area contributed by atoms with Crippen molar-refractivity contribution in [1.82, 2.24) is 5.32 Å². The van der Waals surface area contributed by atoms with Gasteiger partial charge in [-0.15, -0.1) is 0 Å². The van der Waals surface area contributed by atoms with Crippen LogP contribution in [0.3, 0.4) is 0 Å². The lowest BCUT2D eigenvalue weighted by molar-refractivity contribution is -0.109. The molecule has 0 saturated carbocycles. The molecule has 116 valence electrons. The van der Waals surface area contributed by atoms with Gasteiger partial charge in [0, 0.05) is 0 Å². The molecule has 0 aliphatic rings. The Balaban J connectivity index is 2.18. The van der Waals surface area contributed by atoms with Gasteiger partial charge in [-0.3, -0.25) is 0 Å². The minimum absolute atomic E-state index is 0.412. The minimum atomic E-state index is -0.497. The number of benzene rings is 1. The van der Waals surface area contributed by atoms with Crippen molar-refractivity contribution in [2.75, 3.05) is 6.61 Å². The number of carbonyl (C=O) groups is 2. The zero-order valence-corrected chi connectivity index (χ0v) is 12.7. The maximum Gasteiger partial charge on any atom is 0.407 e. The van der Waals surface area contributed by atoms with Crippen LogP contribution in [0.5, 0.6) is 0 Å². The van der Waals surface area contributed by atoms with Crippen molar-refractivity contribution in [2.24, 2.45) is 0 Å². The Labute approximate surface area is 126 Å². The summed E-state index contributed by atoms with van der Waals surface area (Å²) in [6.07, 6.45) is 5.65. The molecule has 0 spiro atoms. The van der Waals surface area contributed by atoms with Gasteiger partial charge < -0.3 is 14.8 Å². The van der Waals surface area contributed by atoms with E-state index in [9.17, 15) is 9.59 Å². The van der Waals surface area contributed by atoms with E-state index in [0.29, 0.717) is 13.0 Å². The summed E-state index contributed by atoms with van der Waals surface area (Å²) in [7, 11) is 0. The van der Waals surface area contributed by atoms with E-state index in [2.05, 4.69) is 24.4 Å². The Morgan fingerprint density at radius 1 is 1.24 bits per heavy atom. The number of carbonyl (C=O) groups excluding carboxylic acids is 2. The summed E-state index contributed by atoms with van der Waals surface area (Å²) >= 11 is 0. The normalized spacial score (nSPS) is 11.7. The molecule has 21 heavy (non-hydrogen) atoms. The number of ether oxygens (including phenoxy) is 1. The van der Waals surface area contributed by atoms with Crippen LogP contribution in [-0.4, -0.2) is 25.0 Å². The predicted octanol–water partition coefficient (Wildman–Crippen LogP) is 3.49. The average Bonchev–Trinajstić information content (AvgIpc) is 2.51. The number of rotatable bonds is 10. The van der Waals surface area contributed by atoms with Crippen molar-refractivity contribution in [3.63, 3.8) is 0 Å². The van der Waals surface area contributed by atoms with E-state index >= 15 is 0 Å². The number of hydrogen-bond donors (Lipinski definition) is 1. The fraction of sp³-hybridized carbons (Fsp3) is 0.529. The largest absolute Gasteiger partial charge is 0.450 e. The van der Waals surface area contributed by atoms with Gasteiger partial charge in [0.05, 0.1) is 12.6 Å². The van der Waals surface area contributed by atoms with E-state index in [4.69, 9.17) is 4.74 Å². The SMILES string of the molecule is CCCCCOC(=O)NC(C=O)CCCc1ccccc1. The van der Waals surface area contributed by atoms with Crippen molar-refractivity contribution in [3.05, 3.63) is 35.9 Å². The highest BCUT2D eigenvalue weighted by molar-refractivity contribution is 5.72. The molecule has 0 aromatic heterocycles. The molecular formula is C17H25NO3. The second kappa shape index (κ2) is 10.9. The van der Waals surface area contributed by atoms with Gasteiger partial charge in [0.25, 0.3) is 0 Å². The Morgan fingerprint density at radius 3 is 2.67 bits per heavy atom. The lowest BCUT2D eigenvalue weighted by Gasteiger charge is -2.13. The lowest BCUT2D eigenvalue weighted by atomic mass is 10.1. The number of hydrogen-bond acceptors (Lipinski definition) is 3. The average molecular weight is 291 g/mol. The topological polar surface area (TPSA) is 55.4 Å². The van der Waals surface area contributed by atoms with Crippen LogP contribution in [0.1, 0.15) is 44.6 Å². The van der Waals surface area contributed by atoms with E-state index < -0.39 is 12.1 Å². The fourth-order valence-electron chi connectivity index (χ4n) is 2.05. The Morgan fingerprint density at radius 2 is 2.00 bits per heavy atom. The molecule has 1 aromatic rings. The van der Waals surface area contributed by atoms with Crippen LogP contribution in [0, 0.1) is 0 Å². The molecule has 1 N–H and O–H groups in total. The molecule has 0 radical (unpaired) electrons. The third-order valence-corrected chi connectivity index (χ3v) is 3.27. The Hall–Kier alpha value is -1.84. The molecule has 1 unspecified atom stereocenters. The maximum atomic E-state index is 11.5. The van der Waals surface area contributed by atoms with E-state index in [1.54, 1.807) is 0 Å². The minimum Gasteiger partial charge on any atom is -0.450 e. The summed E-state index contributed by atoms with van der Waals surface area (Å²) in [5.74, 6) is 0. The molecule has 4 nitrogen and oxygen atoms in total. The van der Waals surface area contributed by atoms with Crippen molar-refractivity contribution >= 4 is 12.4 Å². The summed E-state index contributed by atoms with van der Waals surface area (Å²) in [5.41, 5.74) is 1.24. The molecule has 1 aromatic carbocycles. The van der Waals surface area contributed by atoms with Gasteiger partial charge in [-0.25, -0.2) is 4.79 Å². The van der Waals surface area contributed by atoms with Crippen LogP contribution in [0.4, 0.5) is 4.79 Å². The van der Waals surface area contributed by atoms with E-state index in [0.717, 1.165) is 38.4 Å². The fourth-order valence-corrected chi connectivity index (χ4v) is 2.05. The Bertz CT molecular complexity index is 406. The van der Waals surface area contributed by atoms with Gasteiger partial charge in [-0.2, -0.15) is 0 Å². The number of unbranched alkanes of at least 4 members (excludes halogenated alkanes) is 2. The van der Waals surface area contributed by atoms with E-state index in [-0.39, 0.29) is 0 Å². The highest BCUT2D eigenvalue weighted by atomic mass is 16.5. The van der Waals surface area contributed by atoms with E-state index in [1.165, 1.54) is 5.56 Å². The van der Waals surface area contributed by atoms with Crippen LogP contribution in [0.25, 0.3) is 0 Å². The predicted molar refractivity (Wildman–Crippen MR) is 83.2 cm³/mol. The van der Waals surface area contributed by atoms with Gasteiger partial charge >= 0.3 is 6.09 Å². The zero-order valence-electron chi connectivity index (χ0n) is 12.7. The smallest absolute Gasteiger partial charge is 0.407 e. The number of alkyl carbamates (subject to hydrolysis) is 1. The van der Waals surface area contributed by atoms with Gasteiger partial charge in [0.1, 0.15) is 6.29 Å². The maximum absolute atomic E-state index is 11.5. The summed E-state index contributed by atoms with van der Waals surface area (Å²) < 4.78 is 5.03. The number of aldehydes is 1. The lowest BCUT2D eigenvalue weighted by Crippen LogP contribution is -2.36. The van der Waals surface area contributed by atoms with Crippen molar-refractivity contribution in [2.45, 2.75) is 51.5 Å². The van der Waals surface area contributed by atoms with Crippen LogP contribution in [0.15, 0.2) is 30.3 Å². The van der Waals surface area contributed by atoms with Crippen molar-refractivity contribution in [3.8, 4) is 0 Å². The molecule has 0 aliphatic carbocycles. The summed E-state index contributed by atoms with van der Waals surface area (Å²) in [6, 6.07) is 9.63. The van der Waals surface area contributed by atoms with E-state index in [1.807, 2.05) is 18.2 Å². The molecule has 1 amide bonds. The summed E-state index contributed by atoms with van der Waals surface area (Å²) in [4.78, 5) is 22.5. The first-order valence-electron chi connectivity index (χ1n) is 7.68.